The molecule has 0 saturated carbocycles. The van der Waals surface area contributed by atoms with Crippen molar-refractivity contribution in [3.63, 3.8) is 0 Å². The topological polar surface area (TPSA) is 65.5 Å². The number of hydrogen-bond donors (Lipinski definition) is 1. The second kappa shape index (κ2) is 10.7. The average Bonchev–Trinajstić information content (AvgIpc) is 3.08. The molecule has 2 aromatic carbocycles. The first kappa shape index (κ1) is 26.5. The normalized spacial score (nSPS) is 22.7. The summed E-state index contributed by atoms with van der Waals surface area (Å²) in [5, 5.41) is 3.62. The predicted molar refractivity (Wildman–Crippen MR) is 159 cm³/mol. The Morgan fingerprint density at radius 3 is 2.58 bits per heavy atom. The lowest BCUT2D eigenvalue weighted by Gasteiger charge is -2.40. The van der Waals surface area contributed by atoms with Gasteiger partial charge >= 0.3 is 0 Å². The van der Waals surface area contributed by atoms with Gasteiger partial charge in [-0.25, -0.2) is 0 Å². The quantitative estimate of drug-likeness (QED) is 0.401. The van der Waals surface area contributed by atoms with Crippen LogP contribution in [-0.4, -0.2) is 34.7 Å². The number of pyridine rings is 1. The molecule has 3 aliphatic rings. The van der Waals surface area contributed by atoms with Gasteiger partial charge < -0.3 is 5.32 Å². The molecule has 3 aromatic rings. The zero-order valence-electron chi connectivity index (χ0n) is 23.7. The molecule has 6 heteroatoms. The highest BCUT2D eigenvalue weighted by Crippen LogP contribution is 2.48. The minimum Gasteiger partial charge on any atom is -0.357 e. The van der Waals surface area contributed by atoms with Crippen LogP contribution in [-0.2, 0) is 9.59 Å². The molecule has 1 aliphatic carbocycles. The molecule has 0 spiro atoms. The Bertz CT molecular complexity index is 1440. The van der Waals surface area contributed by atoms with Crippen molar-refractivity contribution >= 4 is 23.1 Å². The van der Waals surface area contributed by atoms with Gasteiger partial charge in [-0.05, 0) is 67.5 Å². The minimum absolute atomic E-state index is 0.00185. The van der Waals surface area contributed by atoms with Crippen LogP contribution in [0.5, 0.6) is 0 Å². The number of piperidine rings is 1. The van der Waals surface area contributed by atoms with E-state index in [1.807, 2.05) is 41.4 Å². The van der Waals surface area contributed by atoms with Gasteiger partial charge in [0.05, 0.1) is 24.0 Å². The van der Waals surface area contributed by atoms with Crippen LogP contribution in [0.4, 0.5) is 11.4 Å². The summed E-state index contributed by atoms with van der Waals surface area (Å²) in [6.45, 7) is 7.48. The molecule has 3 heterocycles. The van der Waals surface area contributed by atoms with Gasteiger partial charge in [0, 0.05) is 36.1 Å². The van der Waals surface area contributed by atoms with Gasteiger partial charge in [-0.2, -0.15) is 0 Å². The first-order valence-corrected chi connectivity index (χ1v) is 14.5. The molecule has 0 unspecified atom stereocenters. The number of para-hydroxylation sites is 2. The summed E-state index contributed by atoms with van der Waals surface area (Å²) in [7, 11) is 0. The maximum absolute atomic E-state index is 14.6. The smallest absolute Gasteiger partial charge is 0.242 e. The molecule has 1 fully saturated rings. The molecule has 0 bridgehead atoms. The molecule has 6 rings (SSSR count). The van der Waals surface area contributed by atoms with Crippen LogP contribution in [0.1, 0.15) is 74.7 Å². The molecule has 40 heavy (non-hydrogen) atoms. The van der Waals surface area contributed by atoms with Crippen molar-refractivity contribution in [1.29, 1.82) is 0 Å². The number of aryl methyl sites for hydroxylation is 1. The van der Waals surface area contributed by atoms with E-state index in [-0.39, 0.29) is 29.7 Å². The summed E-state index contributed by atoms with van der Waals surface area (Å²) in [5.41, 5.74) is 6.43. The molecule has 0 radical (unpaired) electrons. The van der Waals surface area contributed by atoms with Crippen LogP contribution in [0.3, 0.4) is 0 Å². The lowest BCUT2D eigenvalue weighted by Crippen LogP contribution is -2.46. The Labute approximate surface area is 237 Å². The van der Waals surface area contributed by atoms with Crippen molar-refractivity contribution in [1.82, 2.24) is 9.88 Å². The number of nitrogens with zero attached hydrogens (tertiary/aromatic N) is 3. The number of anilines is 2. The van der Waals surface area contributed by atoms with E-state index in [0.29, 0.717) is 6.42 Å². The number of rotatable bonds is 4. The number of aromatic nitrogens is 1. The van der Waals surface area contributed by atoms with E-state index in [9.17, 15) is 9.59 Å². The van der Waals surface area contributed by atoms with Crippen LogP contribution < -0.4 is 10.2 Å². The van der Waals surface area contributed by atoms with Crippen LogP contribution in [0.2, 0.25) is 0 Å². The molecule has 1 N–H and O–H groups in total. The second-order valence-corrected chi connectivity index (χ2v) is 12.3. The highest BCUT2D eigenvalue weighted by Gasteiger charge is 2.43. The molecular weight excluding hydrogens is 496 g/mol. The Hall–Kier alpha value is -3.77. The fraction of sp³-hybridized carbons (Fsp3) is 0.382. The number of Topliss-reactive ketones (excluding diaryl/α,β-unsaturated/α-hetero) is 1. The van der Waals surface area contributed by atoms with Crippen molar-refractivity contribution in [2.45, 2.75) is 65.0 Å². The Balaban J connectivity index is 1.46. The molecule has 1 saturated heterocycles. The summed E-state index contributed by atoms with van der Waals surface area (Å²) in [4.78, 5) is 37.1. The standard InChI is InChI=1S/C34H38N4O2/c1-23-13-15-24(16-14-23)33-32-27(19-34(2,3)20-30(32)39)36-26-10-4-5-12-29(26)38(33)31(40)22-37-18-7-6-11-28(37)25-9-8-17-35-21-25/h4-5,8-10,12-17,21,28,33,36H,6-7,11,18-20,22H2,1-3H3/t28-,33-/m1/s1. The third kappa shape index (κ3) is 5.08. The zero-order chi connectivity index (χ0) is 27.9. The van der Waals surface area contributed by atoms with Crippen LogP contribution in [0.25, 0.3) is 0 Å². The lowest BCUT2D eigenvalue weighted by atomic mass is 9.73. The average molecular weight is 535 g/mol. The number of carbonyl (C=O) groups is 2. The highest BCUT2D eigenvalue weighted by molar-refractivity contribution is 6.06. The first-order valence-electron chi connectivity index (χ1n) is 14.5. The third-order valence-corrected chi connectivity index (χ3v) is 8.58. The number of nitrogens with one attached hydrogen (secondary N) is 1. The summed E-state index contributed by atoms with van der Waals surface area (Å²) in [5.74, 6) is 0.114. The van der Waals surface area contributed by atoms with Crippen molar-refractivity contribution in [2.24, 2.45) is 5.41 Å². The fourth-order valence-corrected chi connectivity index (χ4v) is 6.71. The summed E-state index contributed by atoms with van der Waals surface area (Å²) in [6, 6.07) is 20.0. The zero-order valence-corrected chi connectivity index (χ0v) is 23.7. The van der Waals surface area contributed by atoms with Crippen molar-refractivity contribution in [3.8, 4) is 0 Å². The fourth-order valence-electron chi connectivity index (χ4n) is 6.71. The maximum Gasteiger partial charge on any atom is 0.242 e. The monoisotopic (exact) mass is 534 g/mol. The summed E-state index contributed by atoms with van der Waals surface area (Å²) < 4.78 is 0. The van der Waals surface area contributed by atoms with Gasteiger partial charge in [0.1, 0.15) is 0 Å². The molecule has 6 nitrogen and oxygen atoms in total. The number of carbonyl (C=O) groups excluding carboxylic acids is 2. The van der Waals surface area contributed by atoms with E-state index in [1.54, 1.807) is 6.20 Å². The molecule has 206 valence electrons. The molecule has 1 aromatic heterocycles. The number of benzene rings is 2. The maximum atomic E-state index is 14.6. The Kier molecular flexibility index (Phi) is 7.05. The van der Waals surface area contributed by atoms with Gasteiger partial charge in [0.2, 0.25) is 5.91 Å². The summed E-state index contributed by atoms with van der Waals surface area (Å²) >= 11 is 0. The van der Waals surface area contributed by atoms with Gasteiger partial charge in [0.25, 0.3) is 0 Å². The second-order valence-electron chi connectivity index (χ2n) is 12.3. The molecule has 1 amide bonds. The molecular formula is C34H38N4O2. The third-order valence-electron chi connectivity index (χ3n) is 8.58. The molecule has 2 atom stereocenters. The van der Waals surface area contributed by atoms with E-state index < -0.39 is 6.04 Å². The van der Waals surface area contributed by atoms with Crippen molar-refractivity contribution < 1.29 is 9.59 Å². The first-order chi connectivity index (χ1) is 19.3. The van der Waals surface area contributed by atoms with E-state index in [2.05, 4.69) is 66.3 Å². The minimum atomic E-state index is -0.496. The predicted octanol–water partition coefficient (Wildman–Crippen LogP) is 6.76. The number of amides is 1. The van der Waals surface area contributed by atoms with E-state index in [1.165, 1.54) is 0 Å². The van der Waals surface area contributed by atoms with E-state index in [4.69, 9.17) is 0 Å². The van der Waals surface area contributed by atoms with Gasteiger partial charge in [-0.1, -0.05) is 68.3 Å². The number of likely N-dealkylation sites (tertiary alicyclic amines) is 1. The number of ketones is 1. The summed E-state index contributed by atoms with van der Waals surface area (Å²) in [6.07, 6.45) is 8.13. The largest absolute Gasteiger partial charge is 0.357 e. The lowest BCUT2D eigenvalue weighted by molar-refractivity contribution is -0.121. The van der Waals surface area contributed by atoms with Crippen molar-refractivity contribution in [2.75, 3.05) is 23.3 Å². The SMILES string of the molecule is Cc1ccc([C@@H]2C3=C(CC(C)(C)CC3=O)Nc3ccccc3N2C(=O)CN2CCCC[C@@H]2c2cccnc2)cc1. The van der Waals surface area contributed by atoms with Crippen LogP contribution >= 0.6 is 0 Å². The highest BCUT2D eigenvalue weighted by atomic mass is 16.2. The van der Waals surface area contributed by atoms with Gasteiger partial charge in [-0.3, -0.25) is 24.4 Å². The van der Waals surface area contributed by atoms with E-state index >= 15 is 0 Å². The number of allylic oxidation sites excluding steroid dienone is 1. The van der Waals surface area contributed by atoms with Gasteiger partial charge in [0.15, 0.2) is 5.78 Å². The number of fused-ring (bicyclic) bond motifs is 1. The number of hydrogen-bond acceptors (Lipinski definition) is 5. The Morgan fingerprint density at radius 2 is 1.80 bits per heavy atom. The van der Waals surface area contributed by atoms with Crippen LogP contribution in [0, 0.1) is 12.3 Å². The van der Waals surface area contributed by atoms with Crippen LogP contribution in [0.15, 0.2) is 84.3 Å². The van der Waals surface area contributed by atoms with Gasteiger partial charge in [-0.15, -0.1) is 0 Å². The Morgan fingerprint density at radius 1 is 1.00 bits per heavy atom. The van der Waals surface area contributed by atoms with Crippen molar-refractivity contribution in [3.05, 3.63) is 101 Å². The van der Waals surface area contributed by atoms with E-state index in [0.717, 1.165) is 71.6 Å². The molecule has 2 aliphatic heterocycles.